The van der Waals surface area contributed by atoms with Gasteiger partial charge in [0.1, 0.15) is 0 Å². The zero-order valence-corrected chi connectivity index (χ0v) is 12.5. The van der Waals surface area contributed by atoms with Crippen molar-refractivity contribution in [3.63, 3.8) is 0 Å². The van der Waals surface area contributed by atoms with Crippen molar-refractivity contribution in [2.75, 3.05) is 5.32 Å². The van der Waals surface area contributed by atoms with Crippen LogP contribution in [0, 0.1) is 13.8 Å². The topological polar surface area (TPSA) is 55.1 Å². The number of aryl methyl sites for hydroxylation is 2. The van der Waals surface area contributed by atoms with Crippen LogP contribution in [0.4, 0.5) is 5.69 Å². The van der Waals surface area contributed by atoms with Crippen LogP contribution in [0.5, 0.6) is 0 Å². The van der Waals surface area contributed by atoms with Crippen LogP contribution in [0.2, 0.25) is 0 Å². The number of hydrogen-bond acceptors (Lipinski definition) is 4. The SMILES string of the molecule is Cc1ccc(C(=O)Nc2ccc(-c3cnco3)c(C)c2)s1. The summed E-state index contributed by atoms with van der Waals surface area (Å²) in [6.45, 7) is 3.96. The molecular weight excluding hydrogens is 284 g/mol. The van der Waals surface area contributed by atoms with Crippen molar-refractivity contribution in [3.8, 4) is 11.3 Å². The van der Waals surface area contributed by atoms with Gasteiger partial charge in [-0.2, -0.15) is 0 Å². The van der Waals surface area contributed by atoms with Crippen molar-refractivity contribution >= 4 is 22.9 Å². The number of hydrogen-bond donors (Lipinski definition) is 1. The number of aromatic nitrogens is 1. The molecule has 2 aromatic heterocycles. The predicted octanol–water partition coefficient (Wildman–Crippen LogP) is 4.27. The smallest absolute Gasteiger partial charge is 0.265 e. The molecule has 5 heteroatoms. The normalized spacial score (nSPS) is 10.6. The molecule has 0 fully saturated rings. The van der Waals surface area contributed by atoms with E-state index in [-0.39, 0.29) is 5.91 Å². The Bertz CT molecular complexity index is 775. The van der Waals surface area contributed by atoms with Crippen LogP contribution in [0.1, 0.15) is 20.1 Å². The van der Waals surface area contributed by atoms with Crippen molar-refractivity contribution in [2.24, 2.45) is 0 Å². The fourth-order valence-corrected chi connectivity index (χ4v) is 2.88. The van der Waals surface area contributed by atoms with Crippen LogP contribution < -0.4 is 5.32 Å². The third kappa shape index (κ3) is 2.87. The number of amides is 1. The highest BCUT2D eigenvalue weighted by molar-refractivity contribution is 7.14. The van der Waals surface area contributed by atoms with Gasteiger partial charge in [-0.3, -0.25) is 4.79 Å². The van der Waals surface area contributed by atoms with Gasteiger partial charge in [0.05, 0.1) is 11.1 Å². The third-order valence-corrected chi connectivity index (χ3v) is 4.15. The fourth-order valence-electron chi connectivity index (χ4n) is 2.12. The number of carbonyl (C=O) groups is 1. The van der Waals surface area contributed by atoms with Gasteiger partial charge in [-0.05, 0) is 49.7 Å². The molecule has 1 aromatic carbocycles. The first-order chi connectivity index (χ1) is 10.1. The van der Waals surface area contributed by atoms with Crippen molar-refractivity contribution in [1.82, 2.24) is 4.98 Å². The van der Waals surface area contributed by atoms with Crippen molar-refractivity contribution < 1.29 is 9.21 Å². The van der Waals surface area contributed by atoms with E-state index in [9.17, 15) is 4.79 Å². The second-order valence-electron chi connectivity index (χ2n) is 4.76. The van der Waals surface area contributed by atoms with E-state index < -0.39 is 0 Å². The van der Waals surface area contributed by atoms with Gasteiger partial charge in [0.15, 0.2) is 12.2 Å². The minimum atomic E-state index is -0.0834. The van der Waals surface area contributed by atoms with Crippen LogP contribution >= 0.6 is 11.3 Å². The van der Waals surface area contributed by atoms with Crippen molar-refractivity contribution in [2.45, 2.75) is 13.8 Å². The lowest BCUT2D eigenvalue weighted by Crippen LogP contribution is -2.10. The molecule has 21 heavy (non-hydrogen) atoms. The lowest BCUT2D eigenvalue weighted by Gasteiger charge is -2.07. The molecular formula is C16H14N2O2S. The molecule has 0 spiro atoms. The maximum absolute atomic E-state index is 12.1. The molecule has 2 heterocycles. The summed E-state index contributed by atoms with van der Waals surface area (Å²) in [6.07, 6.45) is 3.08. The average molecular weight is 298 g/mol. The first-order valence-electron chi connectivity index (χ1n) is 6.51. The second-order valence-corrected chi connectivity index (χ2v) is 6.05. The van der Waals surface area contributed by atoms with E-state index in [1.54, 1.807) is 6.20 Å². The quantitative estimate of drug-likeness (QED) is 0.785. The molecule has 106 valence electrons. The lowest BCUT2D eigenvalue weighted by molar-refractivity contribution is 0.103. The zero-order valence-electron chi connectivity index (χ0n) is 11.7. The van der Waals surface area contributed by atoms with Crippen molar-refractivity contribution in [3.05, 3.63) is 58.2 Å². The summed E-state index contributed by atoms with van der Waals surface area (Å²) in [5, 5.41) is 2.91. The van der Waals surface area contributed by atoms with Gasteiger partial charge in [0, 0.05) is 16.1 Å². The van der Waals surface area contributed by atoms with E-state index in [4.69, 9.17) is 4.42 Å². The highest BCUT2D eigenvalue weighted by Gasteiger charge is 2.10. The van der Waals surface area contributed by atoms with Gasteiger partial charge in [-0.1, -0.05) is 0 Å². The number of rotatable bonds is 3. The van der Waals surface area contributed by atoms with Crippen molar-refractivity contribution in [1.29, 1.82) is 0 Å². The zero-order chi connectivity index (χ0) is 14.8. The molecule has 0 atom stereocenters. The van der Waals surface area contributed by atoms with Gasteiger partial charge >= 0.3 is 0 Å². The molecule has 0 saturated heterocycles. The first kappa shape index (κ1) is 13.6. The van der Waals surface area contributed by atoms with E-state index in [1.165, 1.54) is 17.7 Å². The molecule has 0 aliphatic rings. The van der Waals surface area contributed by atoms with Crippen LogP contribution in [0.25, 0.3) is 11.3 Å². The van der Waals surface area contributed by atoms with Gasteiger partial charge < -0.3 is 9.73 Å². The highest BCUT2D eigenvalue weighted by atomic mass is 32.1. The number of benzene rings is 1. The Hall–Kier alpha value is -2.40. The number of anilines is 1. The minimum Gasteiger partial charge on any atom is -0.444 e. The summed E-state index contributed by atoms with van der Waals surface area (Å²) in [6, 6.07) is 9.49. The minimum absolute atomic E-state index is 0.0834. The Kier molecular flexibility index (Phi) is 3.58. The molecule has 3 aromatic rings. The van der Waals surface area contributed by atoms with Crippen LogP contribution in [-0.2, 0) is 0 Å². The second kappa shape index (κ2) is 5.54. The summed E-state index contributed by atoms with van der Waals surface area (Å²) in [7, 11) is 0. The van der Waals surface area contributed by atoms with Crippen LogP contribution in [0.3, 0.4) is 0 Å². The molecule has 0 radical (unpaired) electrons. The van der Waals surface area contributed by atoms with E-state index in [0.29, 0.717) is 4.88 Å². The van der Waals surface area contributed by atoms with E-state index in [0.717, 1.165) is 27.5 Å². The maximum Gasteiger partial charge on any atom is 0.265 e. The summed E-state index contributed by atoms with van der Waals surface area (Å²) in [4.78, 5) is 17.9. The molecule has 0 unspecified atom stereocenters. The summed E-state index contributed by atoms with van der Waals surface area (Å²) in [5.41, 5.74) is 2.76. The molecule has 1 amide bonds. The maximum atomic E-state index is 12.1. The van der Waals surface area contributed by atoms with Gasteiger partial charge in [-0.25, -0.2) is 4.98 Å². The monoisotopic (exact) mass is 298 g/mol. The van der Waals surface area contributed by atoms with Crippen LogP contribution in [0.15, 0.2) is 47.3 Å². The fraction of sp³-hybridized carbons (Fsp3) is 0.125. The molecule has 0 aliphatic carbocycles. The molecule has 3 rings (SSSR count). The molecule has 4 nitrogen and oxygen atoms in total. The standard InChI is InChI=1S/C16H14N2O2S/c1-10-7-12(4-5-13(10)14-8-17-9-20-14)18-16(19)15-6-3-11(2)21-15/h3-9H,1-2H3,(H,18,19). The van der Waals surface area contributed by atoms with Gasteiger partial charge in [0.25, 0.3) is 5.91 Å². The van der Waals surface area contributed by atoms with Gasteiger partial charge in [-0.15, -0.1) is 11.3 Å². The van der Waals surface area contributed by atoms with E-state index in [2.05, 4.69) is 10.3 Å². The van der Waals surface area contributed by atoms with E-state index in [1.807, 2.05) is 44.2 Å². The highest BCUT2D eigenvalue weighted by Crippen LogP contribution is 2.26. The summed E-state index contributed by atoms with van der Waals surface area (Å²) >= 11 is 1.49. The Balaban J connectivity index is 1.81. The number of oxazole rings is 1. The Labute approximate surface area is 126 Å². The third-order valence-electron chi connectivity index (χ3n) is 3.15. The van der Waals surface area contributed by atoms with Gasteiger partial charge in [0.2, 0.25) is 0 Å². The van der Waals surface area contributed by atoms with Crippen LogP contribution in [-0.4, -0.2) is 10.9 Å². The van der Waals surface area contributed by atoms with E-state index >= 15 is 0 Å². The molecule has 0 saturated carbocycles. The molecule has 0 aliphatic heterocycles. The predicted molar refractivity (Wildman–Crippen MR) is 83.7 cm³/mol. The Morgan fingerprint density at radius 1 is 1.24 bits per heavy atom. The molecule has 1 N–H and O–H groups in total. The summed E-state index contributed by atoms with van der Waals surface area (Å²) < 4.78 is 5.30. The first-order valence-corrected chi connectivity index (χ1v) is 7.32. The summed E-state index contributed by atoms with van der Waals surface area (Å²) in [5.74, 6) is 0.638. The Morgan fingerprint density at radius 2 is 2.10 bits per heavy atom. The largest absolute Gasteiger partial charge is 0.444 e. The number of nitrogens with one attached hydrogen (secondary N) is 1. The number of nitrogens with zero attached hydrogens (tertiary/aromatic N) is 1. The molecule has 0 bridgehead atoms. The Morgan fingerprint density at radius 3 is 2.71 bits per heavy atom. The number of carbonyl (C=O) groups excluding carboxylic acids is 1. The average Bonchev–Trinajstić information content (AvgIpc) is 3.10. The lowest BCUT2D eigenvalue weighted by atomic mass is 10.1. The number of thiophene rings is 1.